The molecule has 1 heterocycles. The Hall–Kier alpha value is -3.99. The third-order valence-corrected chi connectivity index (χ3v) is 6.36. The van der Waals surface area contributed by atoms with Crippen LogP contribution in [0.2, 0.25) is 5.02 Å². The Balaban J connectivity index is 1.39. The Bertz CT molecular complexity index is 1290. The van der Waals surface area contributed by atoms with Crippen LogP contribution in [0.3, 0.4) is 0 Å². The van der Waals surface area contributed by atoms with Crippen LogP contribution in [0.4, 0.5) is 29.7 Å². The molecule has 1 aliphatic carbocycles. The van der Waals surface area contributed by atoms with Gasteiger partial charge in [0.25, 0.3) is 0 Å². The molecule has 9 nitrogen and oxygen atoms in total. The van der Waals surface area contributed by atoms with Crippen molar-refractivity contribution in [3.63, 3.8) is 0 Å². The minimum atomic E-state index is -1.09. The summed E-state index contributed by atoms with van der Waals surface area (Å²) in [6, 6.07) is 6.49. The predicted octanol–water partition coefficient (Wildman–Crippen LogP) is 4.55. The zero-order chi connectivity index (χ0) is 26.7. The second kappa shape index (κ2) is 11.0. The number of benzene rings is 2. The fourth-order valence-electron chi connectivity index (χ4n) is 4.18. The third kappa shape index (κ3) is 6.42. The number of allylic oxidation sites excluding steroid dienone is 1. The minimum Gasteiger partial charge on any atom is -0.425 e. The van der Waals surface area contributed by atoms with Gasteiger partial charge in [0.1, 0.15) is 11.6 Å². The van der Waals surface area contributed by atoms with Crippen LogP contribution < -0.4 is 21.3 Å². The second-order valence-electron chi connectivity index (χ2n) is 8.74. The molecule has 3 atom stereocenters. The first-order valence-electron chi connectivity index (χ1n) is 11.4. The smallest absolute Gasteiger partial charge is 0.409 e. The van der Waals surface area contributed by atoms with E-state index in [1.165, 1.54) is 18.2 Å². The monoisotopic (exact) mass is 532 g/mol. The highest BCUT2D eigenvalue weighted by Gasteiger charge is 2.32. The van der Waals surface area contributed by atoms with E-state index >= 15 is 0 Å². The van der Waals surface area contributed by atoms with E-state index in [4.69, 9.17) is 16.3 Å². The van der Waals surface area contributed by atoms with Crippen molar-refractivity contribution >= 4 is 46.8 Å². The molecule has 1 fully saturated rings. The summed E-state index contributed by atoms with van der Waals surface area (Å²) in [5.74, 6) is -2.86. The number of hydrogen-bond donors (Lipinski definition) is 4. The van der Waals surface area contributed by atoms with Crippen LogP contribution >= 0.6 is 11.6 Å². The van der Waals surface area contributed by atoms with Crippen molar-refractivity contribution in [1.82, 2.24) is 16.0 Å². The molecule has 4 N–H and O–H groups in total. The van der Waals surface area contributed by atoms with Gasteiger partial charge in [0.15, 0.2) is 12.0 Å². The van der Waals surface area contributed by atoms with Gasteiger partial charge < -0.3 is 20.7 Å². The maximum absolute atomic E-state index is 14.0. The Morgan fingerprint density at radius 2 is 1.92 bits per heavy atom. The number of alkyl carbamates (subject to hydrolysis) is 1. The van der Waals surface area contributed by atoms with Gasteiger partial charge in [0.05, 0.1) is 17.1 Å². The average molecular weight is 533 g/mol. The van der Waals surface area contributed by atoms with Gasteiger partial charge in [0, 0.05) is 29.3 Å². The molecule has 1 aliphatic heterocycles. The Morgan fingerprint density at radius 1 is 1.14 bits per heavy atom. The molecular weight excluding hydrogens is 510 g/mol. The quantitative estimate of drug-likeness (QED) is 0.319. The maximum Gasteiger partial charge on any atom is 0.409 e. The number of carbonyl (C=O) groups excluding carboxylic acids is 4. The first-order chi connectivity index (χ1) is 17.6. The highest BCUT2D eigenvalue weighted by Crippen LogP contribution is 2.32. The molecule has 4 rings (SSSR count). The van der Waals surface area contributed by atoms with Gasteiger partial charge in [0.2, 0.25) is 5.91 Å². The van der Waals surface area contributed by atoms with E-state index in [1.807, 2.05) is 18.3 Å². The number of urea groups is 1. The Morgan fingerprint density at radius 3 is 2.62 bits per heavy atom. The minimum absolute atomic E-state index is 0.0526. The molecule has 37 heavy (non-hydrogen) atoms. The number of anilines is 2. The fourth-order valence-corrected chi connectivity index (χ4v) is 4.45. The van der Waals surface area contributed by atoms with Crippen LogP contribution in [-0.4, -0.2) is 36.1 Å². The molecule has 2 aromatic carbocycles. The topological polar surface area (TPSA) is 126 Å². The number of imide groups is 1. The predicted molar refractivity (Wildman–Crippen MR) is 130 cm³/mol. The number of Topliss-reactive ketones (excluding diaryl/α,β-unsaturated/α-hetero) is 1. The number of amides is 4. The first kappa shape index (κ1) is 26.1. The van der Waals surface area contributed by atoms with Gasteiger partial charge in [-0.05, 0) is 50.1 Å². The van der Waals surface area contributed by atoms with Crippen LogP contribution in [0.1, 0.15) is 36.5 Å². The zero-order valence-electron chi connectivity index (χ0n) is 19.6. The van der Waals surface area contributed by atoms with Gasteiger partial charge >= 0.3 is 12.1 Å². The third-order valence-electron chi connectivity index (χ3n) is 6.04. The first-order valence-corrected chi connectivity index (χ1v) is 11.8. The zero-order valence-corrected chi connectivity index (χ0v) is 20.3. The van der Waals surface area contributed by atoms with Crippen molar-refractivity contribution in [2.24, 2.45) is 5.92 Å². The van der Waals surface area contributed by atoms with Gasteiger partial charge in [-0.3, -0.25) is 14.9 Å². The number of nitrogens with one attached hydrogen (secondary N) is 4. The fraction of sp³-hybridized carbons (Fsp3) is 0.280. The van der Waals surface area contributed by atoms with Crippen LogP contribution in [0.5, 0.6) is 0 Å². The van der Waals surface area contributed by atoms with E-state index in [-0.39, 0.29) is 34.9 Å². The molecule has 0 saturated carbocycles. The van der Waals surface area contributed by atoms with E-state index in [0.717, 1.165) is 17.7 Å². The van der Waals surface area contributed by atoms with Crippen LogP contribution in [0, 0.1) is 17.6 Å². The molecule has 3 unspecified atom stereocenters. The summed E-state index contributed by atoms with van der Waals surface area (Å²) in [5, 5.41) is 9.97. The molecule has 0 aromatic heterocycles. The summed E-state index contributed by atoms with van der Waals surface area (Å²) in [7, 11) is 0. The molecule has 2 aromatic rings. The van der Waals surface area contributed by atoms with Crippen molar-refractivity contribution in [3.8, 4) is 0 Å². The molecule has 1 saturated heterocycles. The Kier molecular flexibility index (Phi) is 7.72. The summed E-state index contributed by atoms with van der Waals surface area (Å²) >= 11 is 6.38. The molecule has 194 valence electrons. The average Bonchev–Trinajstić information content (AvgIpc) is 2.81. The van der Waals surface area contributed by atoms with E-state index in [2.05, 4.69) is 16.0 Å². The number of ketones is 1. The van der Waals surface area contributed by atoms with Gasteiger partial charge in [-0.15, -0.1) is 0 Å². The lowest BCUT2D eigenvalue weighted by atomic mass is 9.81. The number of hydrogen-bond acceptors (Lipinski definition) is 6. The number of rotatable bonds is 6. The summed E-state index contributed by atoms with van der Waals surface area (Å²) in [4.78, 5) is 48.4. The summed E-state index contributed by atoms with van der Waals surface area (Å²) < 4.78 is 32.2. The number of halogens is 3. The van der Waals surface area contributed by atoms with Crippen molar-refractivity contribution in [2.45, 2.75) is 38.5 Å². The van der Waals surface area contributed by atoms with Crippen LogP contribution in [0.15, 0.2) is 48.0 Å². The highest BCUT2D eigenvalue weighted by molar-refractivity contribution is 6.34. The van der Waals surface area contributed by atoms with E-state index in [0.29, 0.717) is 12.1 Å². The van der Waals surface area contributed by atoms with Crippen LogP contribution in [-0.2, 0) is 9.53 Å². The molecule has 12 heteroatoms. The highest BCUT2D eigenvalue weighted by atomic mass is 35.5. The standard InChI is InChI=1S/C25H23ClF2N4O5/c1-12-2-4-14(30-25(36)37-22-11-21(33)31-24(35)32-22)9-17(12)23(34)16-6-5-15(10-18(16)26)29-20-7-3-13(27)8-19(20)28/h2-3,5-8,10,14,17,22,29H,4,9,11H2,1H3,(H,30,36)(H2,31,32,33,35). The lowest BCUT2D eigenvalue weighted by molar-refractivity contribution is -0.123. The number of carbonyl (C=O) groups is 4. The summed E-state index contributed by atoms with van der Waals surface area (Å²) in [6.07, 6.45) is 0.460. The largest absolute Gasteiger partial charge is 0.425 e. The van der Waals surface area contributed by atoms with E-state index in [9.17, 15) is 28.0 Å². The lowest BCUT2D eigenvalue weighted by Gasteiger charge is -2.29. The van der Waals surface area contributed by atoms with Gasteiger partial charge in [-0.2, -0.15) is 0 Å². The maximum atomic E-state index is 14.0. The molecular formula is C25H23ClF2N4O5. The molecule has 2 aliphatic rings. The molecule has 4 amide bonds. The van der Waals surface area contributed by atoms with Gasteiger partial charge in [-0.25, -0.2) is 18.4 Å². The molecule has 0 spiro atoms. The van der Waals surface area contributed by atoms with Crippen LogP contribution in [0.25, 0.3) is 0 Å². The second-order valence-corrected chi connectivity index (χ2v) is 9.15. The van der Waals surface area contributed by atoms with Crippen molar-refractivity contribution in [3.05, 3.63) is 70.3 Å². The van der Waals surface area contributed by atoms with E-state index < -0.39 is 47.9 Å². The molecule has 0 bridgehead atoms. The van der Waals surface area contributed by atoms with Crippen molar-refractivity contribution in [1.29, 1.82) is 0 Å². The van der Waals surface area contributed by atoms with Crippen molar-refractivity contribution < 1.29 is 32.7 Å². The molecule has 0 radical (unpaired) electrons. The normalized spacial score (nSPS) is 21.3. The SMILES string of the molecule is CC1=CCC(NC(=O)OC2CC(=O)NC(=O)N2)CC1C(=O)c1ccc(Nc2ccc(F)cc2F)cc1Cl. The summed E-state index contributed by atoms with van der Waals surface area (Å²) in [5.41, 5.74) is 1.54. The number of ether oxygens (including phenoxy) is 1. The lowest BCUT2D eigenvalue weighted by Crippen LogP contribution is -2.54. The Labute approximate surface area is 215 Å². The van der Waals surface area contributed by atoms with E-state index in [1.54, 1.807) is 6.07 Å². The summed E-state index contributed by atoms with van der Waals surface area (Å²) in [6.45, 7) is 1.81. The van der Waals surface area contributed by atoms with Gasteiger partial charge in [-0.1, -0.05) is 23.3 Å². The van der Waals surface area contributed by atoms with Crippen molar-refractivity contribution in [2.75, 3.05) is 5.32 Å².